The summed E-state index contributed by atoms with van der Waals surface area (Å²) < 4.78 is 6.84. The largest absolute Gasteiger partial charge is 0.374 e. The first-order valence-electron chi connectivity index (χ1n) is 8.98. The van der Waals surface area contributed by atoms with Gasteiger partial charge >= 0.3 is 0 Å². The molecule has 0 unspecified atom stereocenters. The highest BCUT2D eigenvalue weighted by atomic mass is 79.9. The molecule has 0 aromatic heterocycles. The van der Waals surface area contributed by atoms with Crippen molar-refractivity contribution >= 4 is 27.7 Å². The van der Waals surface area contributed by atoms with Crippen LogP contribution in [-0.4, -0.2) is 42.0 Å². The van der Waals surface area contributed by atoms with Gasteiger partial charge in [0.1, 0.15) is 0 Å². The zero-order valence-corrected chi connectivity index (χ0v) is 16.1. The van der Waals surface area contributed by atoms with Crippen LogP contribution in [0.25, 0.3) is 0 Å². The fraction of sp³-hybridized carbons (Fsp3) is 0.579. The molecule has 1 aromatic carbocycles. The smallest absolute Gasteiger partial charge is 0.225 e. The van der Waals surface area contributed by atoms with E-state index in [9.17, 15) is 9.59 Å². The number of carbonyl (C=O) groups is 2. The molecule has 1 heterocycles. The summed E-state index contributed by atoms with van der Waals surface area (Å²) >= 11 is 3.42. The van der Waals surface area contributed by atoms with E-state index in [2.05, 4.69) is 21.2 Å². The summed E-state index contributed by atoms with van der Waals surface area (Å²) in [4.78, 5) is 26.6. The van der Waals surface area contributed by atoms with Crippen LogP contribution in [0.2, 0.25) is 0 Å². The maximum atomic E-state index is 13.0. The van der Waals surface area contributed by atoms with Gasteiger partial charge in [0.25, 0.3) is 0 Å². The van der Waals surface area contributed by atoms with E-state index in [4.69, 9.17) is 4.74 Å². The Balaban J connectivity index is 1.72. The van der Waals surface area contributed by atoms with Gasteiger partial charge in [-0.3, -0.25) is 9.59 Å². The van der Waals surface area contributed by atoms with Gasteiger partial charge in [0, 0.05) is 17.9 Å². The molecule has 6 heteroatoms. The van der Waals surface area contributed by atoms with Crippen LogP contribution in [0.15, 0.2) is 28.7 Å². The summed E-state index contributed by atoms with van der Waals surface area (Å²) in [6.07, 6.45) is 4.84. The number of fused-ring (bicyclic) bond motifs is 1. The zero-order valence-electron chi connectivity index (χ0n) is 14.5. The first-order valence-corrected chi connectivity index (χ1v) is 9.77. The quantitative estimate of drug-likeness (QED) is 0.831. The maximum Gasteiger partial charge on any atom is 0.225 e. The van der Waals surface area contributed by atoms with E-state index in [0.29, 0.717) is 13.2 Å². The van der Waals surface area contributed by atoms with Crippen LogP contribution in [0.4, 0.5) is 0 Å². The van der Waals surface area contributed by atoms with Crippen LogP contribution in [-0.2, 0) is 14.3 Å². The zero-order chi connectivity index (χ0) is 17.8. The molecule has 25 heavy (non-hydrogen) atoms. The van der Waals surface area contributed by atoms with Crippen LogP contribution in [0.3, 0.4) is 0 Å². The summed E-state index contributed by atoms with van der Waals surface area (Å²) in [5.74, 6) is -0.0277. The molecule has 1 N–H and O–H groups in total. The van der Waals surface area contributed by atoms with Crippen molar-refractivity contribution in [1.82, 2.24) is 10.2 Å². The lowest BCUT2D eigenvalue weighted by molar-refractivity contribution is -0.150. The average Bonchev–Trinajstić information content (AvgIpc) is 2.61. The molecule has 1 aliphatic heterocycles. The van der Waals surface area contributed by atoms with Crippen LogP contribution in [0.5, 0.6) is 0 Å². The minimum atomic E-state index is -0.303. The van der Waals surface area contributed by atoms with Crippen LogP contribution in [0.1, 0.15) is 50.6 Å². The third kappa shape index (κ3) is 4.61. The third-order valence-corrected chi connectivity index (χ3v) is 5.61. The van der Waals surface area contributed by atoms with E-state index in [1.807, 2.05) is 29.2 Å². The number of amides is 2. The lowest BCUT2D eigenvalue weighted by Crippen LogP contribution is -2.55. The highest BCUT2D eigenvalue weighted by molar-refractivity contribution is 9.10. The topological polar surface area (TPSA) is 58.6 Å². The first-order chi connectivity index (χ1) is 12.0. The number of nitrogens with one attached hydrogen (secondary N) is 1. The van der Waals surface area contributed by atoms with Gasteiger partial charge in [-0.2, -0.15) is 0 Å². The van der Waals surface area contributed by atoms with Crippen molar-refractivity contribution in [2.75, 3.05) is 13.2 Å². The molecule has 136 valence electrons. The van der Waals surface area contributed by atoms with Crippen molar-refractivity contribution in [2.45, 2.75) is 57.2 Å². The highest BCUT2D eigenvalue weighted by Crippen LogP contribution is 2.30. The van der Waals surface area contributed by atoms with E-state index < -0.39 is 0 Å². The molecule has 0 spiro atoms. The Labute approximate surface area is 157 Å². The Morgan fingerprint density at radius 2 is 2.00 bits per heavy atom. The lowest BCUT2D eigenvalue weighted by atomic mass is 9.89. The number of carbonyl (C=O) groups excluding carboxylic acids is 2. The summed E-state index contributed by atoms with van der Waals surface area (Å²) in [6.45, 7) is 2.74. The minimum absolute atomic E-state index is 0.0990. The van der Waals surface area contributed by atoms with Gasteiger partial charge in [-0.05, 0) is 30.5 Å². The van der Waals surface area contributed by atoms with Crippen molar-refractivity contribution in [1.29, 1.82) is 0 Å². The van der Waals surface area contributed by atoms with Gasteiger partial charge < -0.3 is 15.0 Å². The number of benzene rings is 1. The second kappa shape index (κ2) is 8.32. The van der Waals surface area contributed by atoms with Gasteiger partial charge in [0.2, 0.25) is 11.8 Å². The number of ether oxygens (including phenoxy) is 1. The Morgan fingerprint density at radius 1 is 1.28 bits per heavy atom. The molecule has 2 fully saturated rings. The Morgan fingerprint density at radius 3 is 2.72 bits per heavy atom. The van der Waals surface area contributed by atoms with E-state index in [0.717, 1.165) is 29.3 Å². The summed E-state index contributed by atoms with van der Waals surface area (Å²) in [6, 6.07) is 7.64. The lowest BCUT2D eigenvalue weighted by Gasteiger charge is -2.44. The van der Waals surface area contributed by atoms with E-state index in [1.54, 1.807) is 0 Å². The second-order valence-corrected chi connectivity index (χ2v) is 7.77. The molecule has 5 nitrogen and oxygen atoms in total. The third-order valence-electron chi connectivity index (χ3n) is 5.08. The van der Waals surface area contributed by atoms with Crippen molar-refractivity contribution in [3.05, 3.63) is 34.3 Å². The monoisotopic (exact) mass is 408 g/mol. The summed E-state index contributed by atoms with van der Waals surface area (Å²) in [5.41, 5.74) is 0.945. The number of hydrogen-bond donors (Lipinski definition) is 1. The standard InChI is InChI=1S/C19H25BrN2O3/c1-13(23)21-16(14-6-8-15(20)9-7-14)12-19(24)22-10-11-25-18-5-3-2-4-17(18)22/h6-9,16-18H,2-5,10-12H2,1H3,(H,21,23)/t16-,17+,18+/m1/s1. The predicted molar refractivity (Wildman–Crippen MR) is 99.0 cm³/mol. The molecule has 1 aromatic rings. The molecule has 2 amide bonds. The van der Waals surface area contributed by atoms with Crippen LogP contribution >= 0.6 is 15.9 Å². The van der Waals surface area contributed by atoms with Gasteiger partial charge in [0.05, 0.1) is 31.2 Å². The normalized spacial score (nSPS) is 24.3. The molecule has 0 radical (unpaired) electrons. The summed E-state index contributed by atoms with van der Waals surface area (Å²) in [5, 5.41) is 2.92. The van der Waals surface area contributed by atoms with Gasteiger partial charge in [0.15, 0.2) is 0 Å². The SMILES string of the molecule is CC(=O)N[C@H](CC(=O)N1CCO[C@H]2CCCC[C@@H]21)c1ccc(Br)cc1. The highest BCUT2D eigenvalue weighted by Gasteiger charge is 2.37. The van der Waals surface area contributed by atoms with Gasteiger partial charge in [-0.15, -0.1) is 0 Å². The number of hydrogen-bond acceptors (Lipinski definition) is 3. The first kappa shape index (κ1) is 18.4. The fourth-order valence-corrected chi connectivity index (χ4v) is 4.15. The molecule has 1 aliphatic carbocycles. The Hall–Kier alpha value is -1.40. The molecule has 3 atom stereocenters. The van der Waals surface area contributed by atoms with Crippen molar-refractivity contribution < 1.29 is 14.3 Å². The van der Waals surface area contributed by atoms with Crippen LogP contribution in [0, 0.1) is 0 Å². The molecule has 3 rings (SSSR count). The van der Waals surface area contributed by atoms with Gasteiger partial charge in [-0.25, -0.2) is 0 Å². The number of halogens is 1. The fourth-order valence-electron chi connectivity index (χ4n) is 3.89. The van der Waals surface area contributed by atoms with E-state index in [-0.39, 0.29) is 36.4 Å². The molecule has 2 aliphatic rings. The molecule has 1 saturated carbocycles. The molecule has 1 saturated heterocycles. The van der Waals surface area contributed by atoms with Gasteiger partial charge in [-0.1, -0.05) is 40.9 Å². The average molecular weight is 409 g/mol. The summed E-state index contributed by atoms with van der Waals surface area (Å²) in [7, 11) is 0. The van der Waals surface area contributed by atoms with Crippen molar-refractivity contribution in [3.8, 4) is 0 Å². The van der Waals surface area contributed by atoms with E-state index >= 15 is 0 Å². The number of morpholine rings is 1. The van der Waals surface area contributed by atoms with Crippen molar-refractivity contribution in [3.63, 3.8) is 0 Å². The molecular weight excluding hydrogens is 384 g/mol. The number of nitrogens with zero attached hydrogens (tertiary/aromatic N) is 1. The van der Waals surface area contributed by atoms with E-state index in [1.165, 1.54) is 13.3 Å². The number of rotatable bonds is 4. The molecular formula is C19H25BrN2O3. The second-order valence-electron chi connectivity index (χ2n) is 6.86. The minimum Gasteiger partial charge on any atom is -0.374 e. The van der Waals surface area contributed by atoms with Crippen molar-refractivity contribution in [2.24, 2.45) is 0 Å². The Kier molecular flexibility index (Phi) is 6.12. The van der Waals surface area contributed by atoms with Crippen LogP contribution < -0.4 is 5.32 Å². The molecule has 0 bridgehead atoms. The maximum absolute atomic E-state index is 13.0. The Bertz CT molecular complexity index is 618. The predicted octanol–water partition coefficient (Wildman–Crippen LogP) is 3.19.